The monoisotopic (exact) mass is 214 g/mol. The van der Waals surface area contributed by atoms with Gasteiger partial charge in [-0.2, -0.15) is 11.8 Å². The van der Waals surface area contributed by atoms with E-state index in [2.05, 4.69) is 25.2 Å². The molecule has 2 heteroatoms. The molecule has 0 spiro atoms. The highest BCUT2D eigenvalue weighted by Crippen LogP contribution is 2.33. The van der Waals surface area contributed by atoms with Gasteiger partial charge in [-0.3, -0.25) is 0 Å². The zero-order valence-electron chi connectivity index (χ0n) is 8.03. The molecule has 1 aliphatic rings. The number of hydrogen-bond acceptors (Lipinski definition) is 1. The van der Waals surface area contributed by atoms with Crippen LogP contribution in [0.4, 0.5) is 0 Å². The van der Waals surface area contributed by atoms with Crippen molar-refractivity contribution in [1.82, 2.24) is 0 Å². The van der Waals surface area contributed by atoms with Crippen LogP contribution in [0.25, 0.3) is 0 Å². The van der Waals surface area contributed by atoms with Crippen molar-refractivity contribution in [1.29, 1.82) is 0 Å². The molecule has 0 aromatic heterocycles. The largest absolute Gasteiger partial charge is 0.152 e. The van der Waals surface area contributed by atoms with Crippen LogP contribution in [0.2, 0.25) is 0 Å². The van der Waals surface area contributed by atoms with Crippen molar-refractivity contribution in [3.8, 4) is 0 Å². The van der Waals surface area contributed by atoms with Crippen LogP contribution in [0.15, 0.2) is 35.4 Å². The van der Waals surface area contributed by atoms with E-state index in [1.54, 1.807) is 0 Å². The average molecular weight is 215 g/mol. The van der Waals surface area contributed by atoms with E-state index in [0.717, 1.165) is 10.8 Å². The first-order valence-electron chi connectivity index (χ1n) is 4.58. The van der Waals surface area contributed by atoms with Gasteiger partial charge in [0.25, 0.3) is 0 Å². The lowest BCUT2D eigenvalue weighted by molar-refractivity contribution is 0.827. The Hall–Kier alpha value is -0.140. The molecule has 0 aromatic carbocycles. The highest BCUT2D eigenvalue weighted by atomic mass is 35.5. The molecular formula is C11H15ClS. The average Bonchev–Trinajstić information content (AvgIpc) is 2.11. The third-order valence-electron chi connectivity index (χ3n) is 1.97. The van der Waals surface area contributed by atoms with Crippen LogP contribution in [0.1, 0.15) is 13.8 Å². The van der Waals surface area contributed by atoms with E-state index in [-0.39, 0.29) is 0 Å². The molecule has 0 heterocycles. The molecule has 0 fully saturated rings. The summed E-state index contributed by atoms with van der Waals surface area (Å²) in [6.45, 7) is 4.22. The first-order chi connectivity index (χ1) is 6.29. The summed E-state index contributed by atoms with van der Waals surface area (Å²) < 4.78 is 0. The molecule has 0 amide bonds. The first kappa shape index (κ1) is 10.9. The SMILES string of the molecule is CC=CC1C=CC=C(Cl)C1SCC. The summed E-state index contributed by atoms with van der Waals surface area (Å²) >= 11 is 8.05. The Bertz CT molecular complexity index is 240. The van der Waals surface area contributed by atoms with Gasteiger partial charge < -0.3 is 0 Å². The van der Waals surface area contributed by atoms with Crippen molar-refractivity contribution < 1.29 is 0 Å². The van der Waals surface area contributed by atoms with E-state index < -0.39 is 0 Å². The minimum Gasteiger partial charge on any atom is -0.152 e. The Balaban J connectivity index is 2.72. The minimum absolute atomic E-state index is 0.424. The van der Waals surface area contributed by atoms with Crippen molar-refractivity contribution in [2.24, 2.45) is 5.92 Å². The van der Waals surface area contributed by atoms with Crippen LogP contribution < -0.4 is 0 Å². The predicted octanol–water partition coefficient (Wildman–Crippen LogP) is 3.99. The van der Waals surface area contributed by atoms with Gasteiger partial charge in [-0.25, -0.2) is 0 Å². The first-order valence-corrected chi connectivity index (χ1v) is 6.00. The molecule has 1 rings (SSSR count). The van der Waals surface area contributed by atoms with Crippen molar-refractivity contribution in [3.63, 3.8) is 0 Å². The lowest BCUT2D eigenvalue weighted by atomic mass is 10.00. The van der Waals surface area contributed by atoms with E-state index in [1.807, 2.05) is 30.8 Å². The molecule has 13 heavy (non-hydrogen) atoms. The Labute approximate surface area is 89.7 Å². The van der Waals surface area contributed by atoms with E-state index in [9.17, 15) is 0 Å². The summed E-state index contributed by atoms with van der Waals surface area (Å²) in [6.07, 6.45) is 10.5. The molecule has 0 saturated heterocycles. The second-order valence-electron chi connectivity index (χ2n) is 2.92. The van der Waals surface area contributed by atoms with Gasteiger partial charge >= 0.3 is 0 Å². The van der Waals surface area contributed by atoms with Crippen LogP contribution >= 0.6 is 23.4 Å². The normalized spacial score (nSPS) is 28.1. The van der Waals surface area contributed by atoms with Crippen LogP contribution in [0, 0.1) is 5.92 Å². The molecule has 2 atom stereocenters. The van der Waals surface area contributed by atoms with Gasteiger partial charge in [-0.1, -0.05) is 42.8 Å². The lowest BCUT2D eigenvalue weighted by Gasteiger charge is -2.23. The summed E-state index contributed by atoms with van der Waals surface area (Å²) in [5, 5.41) is 1.39. The van der Waals surface area contributed by atoms with Gasteiger partial charge in [-0.15, -0.1) is 0 Å². The fourth-order valence-electron chi connectivity index (χ4n) is 1.41. The molecule has 0 bridgehead atoms. The number of halogens is 1. The van der Waals surface area contributed by atoms with Gasteiger partial charge in [-0.05, 0) is 18.8 Å². The van der Waals surface area contributed by atoms with Crippen LogP contribution in [-0.2, 0) is 0 Å². The molecule has 0 aromatic rings. The molecule has 0 aliphatic heterocycles. The standard InChI is InChI=1S/C11H15ClS/c1-3-6-9-7-5-8-10(12)11(9)13-4-2/h3,5-9,11H,4H2,1-2H3. The molecule has 2 unspecified atom stereocenters. The molecular weight excluding hydrogens is 200 g/mol. The highest BCUT2D eigenvalue weighted by Gasteiger charge is 2.21. The van der Waals surface area contributed by atoms with E-state index in [4.69, 9.17) is 11.6 Å². The van der Waals surface area contributed by atoms with Crippen molar-refractivity contribution in [2.75, 3.05) is 5.75 Å². The molecule has 0 saturated carbocycles. The van der Waals surface area contributed by atoms with Gasteiger partial charge in [0.15, 0.2) is 0 Å². The maximum Gasteiger partial charge on any atom is 0.0502 e. The van der Waals surface area contributed by atoms with Gasteiger partial charge in [0.2, 0.25) is 0 Å². The van der Waals surface area contributed by atoms with Gasteiger partial charge in [0.05, 0.1) is 5.25 Å². The zero-order chi connectivity index (χ0) is 9.68. The summed E-state index contributed by atoms with van der Waals surface area (Å²) in [4.78, 5) is 0. The molecule has 0 N–H and O–H groups in total. The summed E-state index contributed by atoms with van der Waals surface area (Å²) in [5.74, 6) is 1.57. The maximum absolute atomic E-state index is 6.15. The smallest absolute Gasteiger partial charge is 0.0502 e. The summed E-state index contributed by atoms with van der Waals surface area (Å²) in [7, 11) is 0. The quantitative estimate of drug-likeness (QED) is 0.641. The van der Waals surface area contributed by atoms with Crippen LogP contribution in [0.3, 0.4) is 0 Å². The molecule has 72 valence electrons. The van der Waals surface area contributed by atoms with E-state index >= 15 is 0 Å². The number of thioether (sulfide) groups is 1. The number of allylic oxidation sites excluding steroid dienone is 5. The van der Waals surface area contributed by atoms with E-state index in [0.29, 0.717) is 11.2 Å². The number of hydrogen-bond donors (Lipinski definition) is 0. The van der Waals surface area contributed by atoms with Crippen LogP contribution in [-0.4, -0.2) is 11.0 Å². The van der Waals surface area contributed by atoms with E-state index in [1.165, 1.54) is 0 Å². The predicted molar refractivity (Wildman–Crippen MR) is 63.3 cm³/mol. The third kappa shape index (κ3) is 2.92. The Morgan fingerprint density at radius 1 is 1.62 bits per heavy atom. The highest BCUT2D eigenvalue weighted by molar-refractivity contribution is 8.00. The fourth-order valence-corrected chi connectivity index (χ4v) is 2.82. The summed E-state index contributed by atoms with van der Waals surface area (Å²) in [6, 6.07) is 0. The topological polar surface area (TPSA) is 0 Å². The molecule has 1 aliphatic carbocycles. The fraction of sp³-hybridized carbons (Fsp3) is 0.455. The zero-order valence-corrected chi connectivity index (χ0v) is 9.61. The van der Waals surface area contributed by atoms with Crippen LogP contribution in [0.5, 0.6) is 0 Å². The minimum atomic E-state index is 0.424. The molecule has 0 radical (unpaired) electrons. The van der Waals surface area contributed by atoms with Crippen molar-refractivity contribution in [2.45, 2.75) is 19.1 Å². The molecule has 0 nitrogen and oxygen atoms in total. The Kier molecular flexibility index (Phi) is 4.68. The maximum atomic E-state index is 6.15. The third-order valence-corrected chi connectivity index (χ3v) is 3.72. The Morgan fingerprint density at radius 2 is 2.38 bits per heavy atom. The second kappa shape index (κ2) is 5.56. The second-order valence-corrected chi connectivity index (χ2v) is 4.77. The Morgan fingerprint density at radius 3 is 3.00 bits per heavy atom. The van der Waals surface area contributed by atoms with Gasteiger partial charge in [0, 0.05) is 11.0 Å². The summed E-state index contributed by atoms with van der Waals surface area (Å²) in [5.41, 5.74) is 0. The van der Waals surface area contributed by atoms with Crippen molar-refractivity contribution >= 4 is 23.4 Å². The number of rotatable bonds is 3. The van der Waals surface area contributed by atoms with Gasteiger partial charge in [0.1, 0.15) is 0 Å². The van der Waals surface area contributed by atoms with Crippen molar-refractivity contribution in [3.05, 3.63) is 35.4 Å². The lowest BCUT2D eigenvalue weighted by Crippen LogP contribution is -2.16.